The third kappa shape index (κ3) is 4.48. The lowest BCUT2D eigenvalue weighted by Gasteiger charge is -2.13. The van der Waals surface area contributed by atoms with Gasteiger partial charge in [-0.3, -0.25) is 0 Å². The summed E-state index contributed by atoms with van der Waals surface area (Å²) in [5, 5.41) is 10.2. The Labute approximate surface area is 321 Å². The Hall–Kier alpha value is -6.94. The second-order valence-corrected chi connectivity index (χ2v) is 15.5. The Morgan fingerprint density at radius 3 is 1.78 bits per heavy atom. The van der Waals surface area contributed by atoms with Crippen molar-refractivity contribution in [2.75, 3.05) is 0 Å². The van der Waals surface area contributed by atoms with Crippen molar-refractivity contribution in [1.29, 1.82) is 0 Å². The first-order valence-electron chi connectivity index (χ1n) is 18.9. The molecule has 0 aliphatic rings. The van der Waals surface area contributed by atoms with Gasteiger partial charge >= 0.3 is 0 Å². The number of hydrogen-bond acceptors (Lipinski definition) is 1. The van der Waals surface area contributed by atoms with Crippen LogP contribution in [0, 0.1) is 0 Å². The molecule has 0 amide bonds. The van der Waals surface area contributed by atoms with Crippen molar-refractivity contribution in [3.63, 3.8) is 0 Å². The molecule has 12 rings (SSSR count). The fourth-order valence-corrected chi connectivity index (χ4v) is 10.3. The average Bonchev–Trinajstić information content (AvgIpc) is 3.91. The number of nitrogens with zero attached hydrogens (tertiary/aromatic N) is 2. The van der Waals surface area contributed by atoms with E-state index in [4.69, 9.17) is 0 Å². The summed E-state index contributed by atoms with van der Waals surface area (Å²) in [6.45, 7) is 0. The van der Waals surface area contributed by atoms with Gasteiger partial charge in [-0.2, -0.15) is 0 Å². The minimum Gasteiger partial charge on any atom is -0.309 e. The van der Waals surface area contributed by atoms with Gasteiger partial charge in [-0.25, -0.2) is 0 Å². The second-order valence-electron chi connectivity index (χ2n) is 14.5. The number of thiophene rings is 1. The summed E-state index contributed by atoms with van der Waals surface area (Å²) in [5.74, 6) is 0. The molecule has 0 unspecified atom stereocenters. The maximum absolute atomic E-state index is 2.49. The van der Waals surface area contributed by atoms with E-state index in [0.29, 0.717) is 0 Å². The molecule has 12 aromatic rings. The molecule has 9 aromatic carbocycles. The molecule has 0 radical (unpaired) electrons. The van der Waals surface area contributed by atoms with Crippen LogP contribution in [-0.2, 0) is 0 Å². The SMILES string of the molecule is c1ccc(-c2ccc(-n3c4ccccc4c4cc(-c5ccc6c(c5)c5ccccc5n6-c5cccc6ccccc56)c5c6ccccc6sc5c43)cc2)cc1. The van der Waals surface area contributed by atoms with Crippen molar-refractivity contribution in [3.8, 4) is 33.6 Å². The van der Waals surface area contributed by atoms with Gasteiger partial charge in [0.1, 0.15) is 0 Å². The number of aromatic nitrogens is 2. The molecular weight excluding hydrogens is 685 g/mol. The summed E-state index contributed by atoms with van der Waals surface area (Å²) in [7, 11) is 0. The maximum Gasteiger partial charge on any atom is 0.0720 e. The maximum atomic E-state index is 2.49. The fourth-order valence-electron chi connectivity index (χ4n) is 9.06. The molecule has 3 heteroatoms. The van der Waals surface area contributed by atoms with E-state index in [1.165, 1.54) is 108 Å². The second kappa shape index (κ2) is 11.8. The molecule has 3 heterocycles. The van der Waals surface area contributed by atoms with Gasteiger partial charge < -0.3 is 9.13 Å². The zero-order valence-corrected chi connectivity index (χ0v) is 30.6. The molecule has 0 saturated heterocycles. The average molecular weight is 717 g/mol. The van der Waals surface area contributed by atoms with Crippen LogP contribution in [-0.4, -0.2) is 9.13 Å². The lowest BCUT2D eigenvalue weighted by atomic mass is 9.95. The summed E-state index contributed by atoms with van der Waals surface area (Å²) < 4.78 is 7.56. The molecule has 256 valence electrons. The number of para-hydroxylation sites is 2. The first kappa shape index (κ1) is 30.5. The monoisotopic (exact) mass is 716 g/mol. The molecular formula is C52H32N2S. The Bertz CT molecular complexity index is 3470. The van der Waals surface area contributed by atoms with E-state index in [0.717, 1.165) is 0 Å². The first-order chi connectivity index (χ1) is 27.3. The Morgan fingerprint density at radius 2 is 0.964 bits per heavy atom. The summed E-state index contributed by atoms with van der Waals surface area (Å²) in [5.41, 5.74) is 12.2. The number of rotatable bonds is 4. The summed E-state index contributed by atoms with van der Waals surface area (Å²) in [4.78, 5) is 0. The normalized spacial score (nSPS) is 12.0. The van der Waals surface area contributed by atoms with Gasteiger partial charge in [0.25, 0.3) is 0 Å². The van der Waals surface area contributed by atoms with Crippen LogP contribution in [0.15, 0.2) is 194 Å². The van der Waals surface area contributed by atoms with Crippen LogP contribution in [0.1, 0.15) is 0 Å². The molecule has 0 saturated carbocycles. The number of benzene rings is 9. The number of fused-ring (bicyclic) bond motifs is 11. The van der Waals surface area contributed by atoms with Gasteiger partial charge in [0.15, 0.2) is 0 Å². The van der Waals surface area contributed by atoms with Crippen molar-refractivity contribution in [2.45, 2.75) is 0 Å². The highest BCUT2D eigenvalue weighted by Crippen LogP contribution is 2.48. The molecule has 0 N–H and O–H groups in total. The van der Waals surface area contributed by atoms with Crippen LogP contribution in [0.4, 0.5) is 0 Å². The van der Waals surface area contributed by atoms with Gasteiger partial charge in [0.05, 0.1) is 32.5 Å². The van der Waals surface area contributed by atoms with E-state index in [1.807, 2.05) is 11.3 Å². The highest BCUT2D eigenvalue weighted by molar-refractivity contribution is 7.26. The van der Waals surface area contributed by atoms with Gasteiger partial charge in [-0.05, 0) is 82.2 Å². The van der Waals surface area contributed by atoms with Gasteiger partial charge in [0, 0.05) is 48.1 Å². The van der Waals surface area contributed by atoms with Crippen molar-refractivity contribution in [1.82, 2.24) is 9.13 Å². The quantitative estimate of drug-likeness (QED) is 0.172. The molecule has 0 aliphatic carbocycles. The van der Waals surface area contributed by atoms with Crippen LogP contribution in [0.2, 0.25) is 0 Å². The molecule has 0 spiro atoms. The van der Waals surface area contributed by atoms with E-state index in [1.54, 1.807) is 0 Å². The minimum absolute atomic E-state index is 1.17. The van der Waals surface area contributed by atoms with E-state index < -0.39 is 0 Å². The molecule has 0 fully saturated rings. The largest absolute Gasteiger partial charge is 0.309 e. The van der Waals surface area contributed by atoms with E-state index >= 15 is 0 Å². The summed E-state index contributed by atoms with van der Waals surface area (Å²) in [6.07, 6.45) is 0. The molecule has 0 atom stereocenters. The van der Waals surface area contributed by atoms with Gasteiger partial charge in [-0.15, -0.1) is 11.3 Å². The Kier molecular flexibility index (Phi) is 6.54. The van der Waals surface area contributed by atoms with Gasteiger partial charge in [-0.1, -0.05) is 140 Å². The third-order valence-electron chi connectivity index (χ3n) is 11.5. The van der Waals surface area contributed by atoms with Gasteiger partial charge in [0.2, 0.25) is 0 Å². The standard InChI is InChI=1S/C52H32N2S/c1-2-13-33(14-3-1)34-25-28-37(29-26-34)53-46-21-9-7-19-40(46)44-32-42(50-41-20-8-11-24-49(41)55-52(50)51(44)53)36-27-30-48-43(31-36)39-18-6-10-22-47(39)54(48)45-23-12-16-35-15-4-5-17-38(35)45/h1-32H. The van der Waals surface area contributed by atoms with Crippen LogP contribution in [0.3, 0.4) is 0 Å². The van der Waals surface area contributed by atoms with Crippen LogP contribution < -0.4 is 0 Å². The van der Waals surface area contributed by atoms with Crippen molar-refractivity contribution >= 4 is 85.9 Å². The van der Waals surface area contributed by atoms with Crippen LogP contribution >= 0.6 is 11.3 Å². The van der Waals surface area contributed by atoms with Crippen molar-refractivity contribution in [2.24, 2.45) is 0 Å². The zero-order valence-electron chi connectivity index (χ0n) is 29.8. The van der Waals surface area contributed by atoms with E-state index in [-0.39, 0.29) is 0 Å². The molecule has 3 aromatic heterocycles. The predicted molar refractivity (Wildman–Crippen MR) is 236 cm³/mol. The topological polar surface area (TPSA) is 9.86 Å². The first-order valence-corrected chi connectivity index (χ1v) is 19.7. The van der Waals surface area contributed by atoms with E-state index in [9.17, 15) is 0 Å². The lowest BCUT2D eigenvalue weighted by molar-refractivity contribution is 1.19. The third-order valence-corrected chi connectivity index (χ3v) is 12.7. The lowest BCUT2D eigenvalue weighted by Crippen LogP contribution is -1.95. The van der Waals surface area contributed by atoms with Crippen molar-refractivity contribution < 1.29 is 0 Å². The fraction of sp³-hybridized carbons (Fsp3) is 0. The molecule has 2 nitrogen and oxygen atoms in total. The Morgan fingerprint density at radius 1 is 0.364 bits per heavy atom. The smallest absolute Gasteiger partial charge is 0.0720 e. The predicted octanol–water partition coefficient (Wildman–Crippen LogP) is 14.7. The summed E-state index contributed by atoms with van der Waals surface area (Å²) >= 11 is 1.91. The summed E-state index contributed by atoms with van der Waals surface area (Å²) in [6, 6.07) is 71.3. The molecule has 0 bridgehead atoms. The highest BCUT2D eigenvalue weighted by Gasteiger charge is 2.22. The highest BCUT2D eigenvalue weighted by atomic mass is 32.1. The number of hydrogen-bond donors (Lipinski definition) is 0. The zero-order chi connectivity index (χ0) is 36.0. The van der Waals surface area contributed by atoms with Crippen molar-refractivity contribution in [3.05, 3.63) is 194 Å². The van der Waals surface area contributed by atoms with Crippen LogP contribution in [0.5, 0.6) is 0 Å². The minimum atomic E-state index is 1.17. The van der Waals surface area contributed by atoms with E-state index in [2.05, 4.69) is 203 Å². The van der Waals surface area contributed by atoms with Crippen LogP contribution in [0.25, 0.3) is 108 Å². The Balaban J connectivity index is 1.15. The molecule has 55 heavy (non-hydrogen) atoms. The molecule has 0 aliphatic heterocycles.